The second-order valence-corrected chi connectivity index (χ2v) is 3.53. The van der Waals surface area contributed by atoms with Gasteiger partial charge in [-0.25, -0.2) is 4.39 Å². The summed E-state index contributed by atoms with van der Waals surface area (Å²) in [5.41, 5.74) is -0.804. The molecule has 1 atom stereocenters. The zero-order chi connectivity index (χ0) is 13.9. The molecule has 0 aromatic heterocycles. The lowest BCUT2D eigenvalue weighted by Gasteiger charge is -2.11. The molecule has 1 unspecified atom stereocenters. The van der Waals surface area contributed by atoms with Gasteiger partial charge in [-0.3, -0.25) is 19.7 Å². The Morgan fingerprint density at radius 1 is 1.44 bits per heavy atom. The third kappa shape index (κ3) is 2.68. The van der Waals surface area contributed by atoms with Crippen molar-refractivity contribution < 1.29 is 23.6 Å². The minimum absolute atomic E-state index is 0.180. The van der Waals surface area contributed by atoms with E-state index in [1.807, 2.05) is 0 Å². The highest BCUT2D eigenvalue weighted by molar-refractivity contribution is 6.04. The minimum Gasteiger partial charge on any atom is -0.468 e. The molecule has 0 aliphatic heterocycles. The standard InChI is InChI=1S/C11H10FNO5/c1-6(14)10(11(15)18-2)8-4-3-7(12)5-9(8)13(16)17/h3-5,10H,1-2H3. The highest BCUT2D eigenvalue weighted by Gasteiger charge is 2.32. The molecular weight excluding hydrogens is 245 g/mol. The van der Waals surface area contributed by atoms with Crippen molar-refractivity contribution >= 4 is 17.4 Å². The number of methoxy groups -OCH3 is 1. The second-order valence-electron chi connectivity index (χ2n) is 3.53. The highest BCUT2D eigenvalue weighted by Crippen LogP contribution is 2.29. The number of carbonyl (C=O) groups is 2. The van der Waals surface area contributed by atoms with Crippen LogP contribution in [0.25, 0.3) is 0 Å². The molecule has 0 heterocycles. The number of ether oxygens (including phenoxy) is 1. The molecule has 18 heavy (non-hydrogen) atoms. The monoisotopic (exact) mass is 255 g/mol. The molecule has 7 heteroatoms. The Bertz CT molecular complexity index is 514. The largest absolute Gasteiger partial charge is 0.468 e. The van der Waals surface area contributed by atoms with Crippen LogP contribution in [0.3, 0.4) is 0 Å². The van der Waals surface area contributed by atoms with E-state index in [9.17, 15) is 24.1 Å². The molecule has 0 aliphatic carbocycles. The van der Waals surface area contributed by atoms with Crippen molar-refractivity contribution in [2.75, 3.05) is 7.11 Å². The normalized spacial score (nSPS) is 11.7. The van der Waals surface area contributed by atoms with Gasteiger partial charge in [0.1, 0.15) is 17.5 Å². The molecule has 0 aliphatic rings. The van der Waals surface area contributed by atoms with Crippen LogP contribution in [-0.2, 0) is 14.3 Å². The Labute approximate surface area is 102 Å². The topological polar surface area (TPSA) is 86.5 Å². The van der Waals surface area contributed by atoms with Crippen LogP contribution in [0.1, 0.15) is 18.4 Å². The molecule has 1 aromatic carbocycles. The van der Waals surface area contributed by atoms with E-state index in [0.717, 1.165) is 26.2 Å². The van der Waals surface area contributed by atoms with Crippen molar-refractivity contribution in [2.24, 2.45) is 0 Å². The third-order valence-electron chi connectivity index (χ3n) is 2.34. The lowest BCUT2D eigenvalue weighted by atomic mass is 9.94. The van der Waals surface area contributed by atoms with Gasteiger partial charge in [0, 0.05) is 0 Å². The number of carbonyl (C=O) groups excluding carboxylic acids is 2. The average Bonchev–Trinajstić information content (AvgIpc) is 2.30. The molecule has 0 fully saturated rings. The fraction of sp³-hybridized carbons (Fsp3) is 0.273. The zero-order valence-corrected chi connectivity index (χ0v) is 9.68. The summed E-state index contributed by atoms with van der Waals surface area (Å²) in [6.07, 6.45) is 0. The number of ketones is 1. The number of Topliss-reactive ketones (excluding diaryl/α,β-unsaturated/α-hetero) is 1. The second kappa shape index (κ2) is 5.35. The molecule has 0 bridgehead atoms. The van der Waals surface area contributed by atoms with Crippen LogP contribution in [-0.4, -0.2) is 23.8 Å². The summed E-state index contributed by atoms with van der Waals surface area (Å²) in [5.74, 6) is -3.78. The van der Waals surface area contributed by atoms with Crippen LogP contribution in [0.4, 0.5) is 10.1 Å². The molecule has 0 amide bonds. The van der Waals surface area contributed by atoms with Crippen LogP contribution in [0, 0.1) is 15.9 Å². The van der Waals surface area contributed by atoms with Crippen molar-refractivity contribution in [3.63, 3.8) is 0 Å². The molecule has 1 rings (SSSR count). The molecular formula is C11H10FNO5. The zero-order valence-electron chi connectivity index (χ0n) is 9.68. The van der Waals surface area contributed by atoms with Gasteiger partial charge in [-0.2, -0.15) is 0 Å². The lowest BCUT2D eigenvalue weighted by Crippen LogP contribution is -2.22. The Hall–Kier alpha value is -2.31. The van der Waals surface area contributed by atoms with E-state index in [1.54, 1.807) is 0 Å². The summed E-state index contributed by atoms with van der Waals surface area (Å²) >= 11 is 0. The summed E-state index contributed by atoms with van der Waals surface area (Å²) in [4.78, 5) is 32.8. The maximum atomic E-state index is 12.9. The van der Waals surface area contributed by atoms with Crippen molar-refractivity contribution in [2.45, 2.75) is 12.8 Å². The fourth-order valence-electron chi connectivity index (χ4n) is 1.55. The van der Waals surface area contributed by atoms with Crippen LogP contribution >= 0.6 is 0 Å². The molecule has 6 nitrogen and oxygen atoms in total. The van der Waals surface area contributed by atoms with E-state index in [4.69, 9.17) is 0 Å². The van der Waals surface area contributed by atoms with Gasteiger partial charge in [-0.15, -0.1) is 0 Å². The van der Waals surface area contributed by atoms with Gasteiger partial charge in [0.2, 0.25) is 0 Å². The third-order valence-corrected chi connectivity index (χ3v) is 2.34. The molecule has 0 saturated carbocycles. The summed E-state index contributed by atoms with van der Waals surface area (Å²) in [7, 11) is 1.06. The first-order chi connectivity index (χ1) is 8.38. The number of esters is 1. The SMILES string of the molecule is COC(=O)C(C(C)=O)c1ccc(F)cc1[N+](=O)[O-]. The van der Waals surface area contributed by atoms with Gasteiger partial charge in [0.25, 0.3) is 5.69 Å². The van der Waals surface area contributed by atoms with Gasteiger partial charge in [0.15, 0.2) is 0 Å². The lowest BCUT2D eigenvalue weighted by molar-refractivity contribution is -0.385. The van der Waals surface area contributed by atoms with E-state index in [2.05, 4.69) is 4.74 Å². The number of hydrogen-bond acceptors (Lipinski definition) is 5. The van der Waals surface area contributed by atoms with E-state index >= 15 is 0 Å². The van der Waals surface area contributed by atoms with Crippen LogP contribution in [0.15, 0.2) is 18.2 Å². The number of nitro benzene ring substituents is 1. The highest BCUT2D eigenvalue weighted by atomic mass is 19.1. The first kappa shape index (κ1) is 13.8. The summed E-state index contributed by atoms with van der Waals surface area (Å²) < 4.78 is 17.4. The van der Waals surface area contributed by atoms with Gasteiger partial charge in [-0.05, 0) is 19.1 Å². The Morgan fingerprint density at radius 3 is 2.50 bits per heavy atom. The van der Waals surface area contributed by atoms with Crippen molar-refractivity contribution in [1.29, 1.82) is 0 Å². The predicted octanol–water partition coefficient (Wildman–Crippen LogP) is 1.58. The summed E-state index contributed by atoms with van der Waals surface area (Å²) in [5, 5.41) is 10.8. The Kier molecular flexibility index (Phi) is 4.09. The number of rotatable bonds is 4. The molecule has 0 radical (unpaired) electrons. The number of nitro groups is 1. The van der Waals surface area contributed by atoms with Crippen molar-refractivity contribution in [1.82, 2.24) is 0 Å². The number of halogens is 1. The minimum atomic E-state index is -1.42. The maximum absolute atomic E-state index is 12.9. The van der Waals surface area contributed by atoms with Gasteiger partial charge in [-0.1, -0.05) is 0 Å². The Morgan fingerprint density at radius 2 is 2.06 bits per heavy atom. The fourth-order valence-corrected chi connectivity index (χ4v) is 1.55. The quantitative estimate of drug-likeness (QED) is 0.353. The molecule has 1 aromatic rings. The number of nitrogens with zero attached hydrogens (tertiary/aromatic N) is 1. The summed E-state index contributed by atoms with van der Waals surface area (Å²) in [6.45, 7) is 1.11. The number of hydrogen-bond donors (Lipinski definition) is 0. The van der Waals surface area contributed by atoms with Crippen molar-refractivity contribution in [3.8, 4) is 0 Å². The van der Waals surface area contributed by atoms with Crippen LogP contribution < -0.4 is 0 Å². The molecule has 96 valence electrons. The first-order valence-corrected chi connectivity index (χ1v) is 4.90. The van der Waals surface area contributed by atoms with E-state index < -0.39 is 34.1 Å². The smallest absolute Gasteiger partial charge is 0.320 e. The molecule has 0 spiro atoms. The van der Waals surface area contributed by atoms with Crippen molar-refractivity contribution in [3.05, 3.63) is 39.7 Å². The van der Waals surface area contributed by atoms with Crippen LogP contribution in [0.5, 0.6) is 0 Å². The van der Waals surface area contributed by atoms with Gasteiger partial charge in [0.05, 0.1) is 23.7 Å². The van der Waals surface area contributed by atoms with Gasteiger partial charge >= 0.3 is 5.97 Å². The molecule has 0 N–H and O–H groups in total. The summed E-state index contributed by atoms with van der Waals surface area (Å²) in [6, 6.07) is 2.64. The maximum Gasteiger partial charge on any atom is 0.320 e. The van der Waals surface area contributed by atoms with Gasteiger partial charge < -0.3 is 4.74 Å². The predicted molar refractivity (Wildman–Crippen MR) is 58.5 cm³/mol. The van der Waals surface area contributed by atoms with E-state index in [0.29, 0.717) is 6.07 Å². The van der Waals surface area contributed by atoms with E-state index in [-0.39, 0.29) is 5.56 Å². The van der Waals surface area contributed by atoms with Crippen LogP contribution in [0.2, 0.25) is 0 Å². The first-order valence-electron chi connectivity index (χ1n) is 4.90. The number of benzene rings is 1. The Balaban J connectivity index is 3.41. The molecule has 0 saturated heterocycles. The van der Waals surface area contributed by atoms with E-state index in [1.165, 1.54) is 0 Å². The average molecular weight is 255 g/mol.